The fourth-order valence-electron chi connectivity index (χ4n) is 7.16. The number of fused-ring (bicyclic) bond motifs is 4. The van der Waals surface area contributed by atoms with Crippen molar-refractivity contribution in [1.82, 2.24) is 0 Å². The largest absolute Gasteiger partial charge is 0.489 e. The van der Waals surface area contributed by atoms with E-state index in [-0.39, 0.29) is 5.41 Å². The predicted molar refractivity (Wildman–Crippen MR) is 149 cm³/mol. The number of benzene rings is 2. The van der Waals surface area contributed by atoms with Crippen LogP contribution in [0.15, 0.2) is 74.4 Å². The topological polar surface area (TPSA) is 36.9 Å². The minimum absolute atomic E-state index is 0.0942. The number of hydrogen-bond acceptors (Lipinski definition) is 4. The van der Waals surface area contributed by atoms with E-state index < -0.39 is 5.60 Å². The van der Waals surface area contributed by atoms with E-state index in [0.717, 1.165) is 47.8 Å². The SMILES string of the molecule is C=CCOc1ccc2c(c1)O[C@]1(c3ccc(OCC=C)cc3OCC=C)CCCC[C@H]1C21CCCCC1. The molecule has 2 aliphatic carbocycles. The molecule has 1 heterocycles. The van der Waals surface area contributed by atoms with Crippen LogP contribution < -0.4 is 18.9 Å². The normalized spacial score (nSPS) is 23.6. The summed E-state index contributed by atoms with van der Waals surface area (Å²) in [5, 5.41) is 0. The van der Waals surface area contributed by atoms with E-state index in [0.29, 0.717) is 25.7 Å². The first-order chi connectivity index (χ1) is 18.2. The van der Waals surface area contributed by atoms with Gasteiger partial charge in [0.2, 0.25) is 0 Å². The van der Waals surface area contributed by atoms with Crippen LogP contribution in [0.25, 0.3) is 0 Å². The van der Waals surface area contributed by atoms with E-state index in [4.69, 9.17) is 18.9 Å². The van der Waals surface area contributed by atoms with E-state index in [1.807, 2.05) is 6.07 Å². The van der Waals surface area contributed by atoms with Gasteiger partial charge < -0.3 is 18.9 Å². The van der Waals surface area contributed by atoms with Gasteiger partial charge in [0, 0.05) is 34.6 Å². The lowest BCUT2D eigenvalue weighted by Gasteiger charge is -2.58. The van der Waals surface area contributed by atoms with Crippen LogP contribution in [0.4, 0.5) is 0 Å². The Morgan fingerprint density at radius 3 is 2.05 bits per heavy atom. The highest BCUT2D eigenvalue weighted by atomic mass is 16.5. The van der Waals surface area contributed by atoms with Crippen molar-refractivity contribution in [2.75, 3.05) is 19.8 Å². The zero-order valence-electron chi connectivity index (χ0n) is 22.0. The minimum atomic E-state index is -0.465. The van der Waals surface area contributed by atoms with Gasteiger partial charge >= 0.3 is 0 Å². The van der Waals surface area contributed by atoms with E-state index in [9.17, 15) is 0 Å². The first kappa shape index (κ1) is 25.5. The first-order valence-electron chi connectivity index (χ1n) is 13.9. The smallest absolute Gasteiger partial charge is 0.141 e. The molecule has 0 amide bonds. The van der Waals surface area contributed by atoms with Crippen molar-refractivity contribution in [2.45, 2.75) is 68.8 Å². The molecule has 196 valence electrons. The van der Waals surface area contributed by atoms with Gasteiger partial charge in [-0.3, -0.25) is 0 Å². The summed E-state index contributed by atoms with van der Waals surface area (Å²) in [6.45, 7) is 12.8. The van der Waals surface area contributed by atoms with Crippen LogP contribution in [0.5, 0.6) is 23.0 Å². The van der Waals surface area contributed by atoms with Crippen LogP contribution in [0, 0.1) is 5.92 Å². The van der Waals surface area contributed by atoms with E-state index in [1.165, 1.54) is 44.1 Å². The van der Waals surface area contributed by atoms with Crippen molar-refractivity contribution in [3.05, 3.63) is 85.5 Å². The van der Waals surface area contributed by atoms with Crippen LogP contribution in [0.3, 0.4) is 0 Å². The third kappa shape index (κ3) is 4.67. The highest BCUT2D eigenvalue weighted by molar-refractivity contribution is 5.53. The maximum atomic E-state index is 7.23. The van der Waals surface area contributed by atoms with Gasteiger partial charge in [0.15, 0.2) is 0 Å². The van der Waals surface area contributed by atoms with Gasteiger partial charge in [-0.25, -0.2) is 0 Å². The Hall–Kier alpha value is -3.14. The van der Waals surface area contributed by atoms with E-state index in [1.54, 1.807) is 18.2 Å². The van der Waals surface area contributed by atoms with Crippen LogP contribution in [0.2, 0.25) is 0 Å². The van der Waals surface area contributed by atoms with Crippen molar-refractivity contribution in [3.8, 4) is 23.0 Å². The second-order valence-electron chi connectivity index (χ2n) is 10.6. The molecule has 2 aromatic rings. The van der Waals surface area contributed by atoms with Crippen molar-refractivity contribution in [1.29, 1.82) is 0 Å². The van der Waals surface area contributed by atoms with Crippen LogP contribution in [0.1, 0.15) is 68.9 Å². The molecular weight excluding hydrogens is 460 g/mol. The third-order valence-corrected chi connectivity index (χ3v) is 8.55. The van der Waals surface area contributed by atoms with Crippen LogP contribution in [-0.2, 0) is 11.0 Å². The molecule has 37 heavy (non-hydrogen) atoms. The molecule has 2 aromatic carbocycles. The average molecular weight is 501 g/mol. The zero-order valence-corrected chi connectivity index (χ0v) is 22.0. The van der Waals surface area contributed by atoms with Crippen molar-refractivity contribution >= 4 is 0 Å². The molecule has 4 nitrogen and oxygen atoms in total. The van der Waals surface area contributed by atoms with E-state index >= 15 is 0 Å². The lowest BCUT2D eigenvalue weighted by atomic mass is 9.51. The van der Waals surface area contributed by atoms with Crippen molar-refractivity contribution in [3.63, 3.8) is 0 Å². The molecular formula is C33H40O4. The molecule has 0 bridgehead atoms. The van der Waals surface area contributed by atoms with Crippen LogP contribution >= 0.6 is 0 Å². The highest BCUT2D eigenvalue weighted by Gasteiger charge is 2.59. The molecule has 4 heteroatoms. The molecule has 5 rings (SSSR count). The molecule has 0 radical (unpaired) electrons. The molecule has 0 saturated heterocycles. The maximum Gasteiger partial charge on any atom is 0.141 e. The maximum absolute atomic E-state index is 7.23. The van der Waals surface area contributed by atoms with Crippen LogP contribution in [-0.4, -0.2) is 19.8 Å². The number of rotatable bonds is 10. The second kappa shape index (κ2) is 11.1. The predicted octanol–water partition coefficient (Wildman–Crippen LogP) is 8.06. The fourth-order valence-corrected chi connectivity index (χ4v) is 7.16. The Morgan fingerprint density at radius 2 is 1.35 bits per heavy atom. The summed E-state index contributed by atoms with van der Waals surface area (Å²) >= 11 is 0. The molecule has 1 aliphatic heterocycles. The Balaban J connectivity index is 1.67. The summed E-state index contributed by atoms with van der Waals surface area (Å²) in [5.74, 6) is 3.76. The third-order valence-electron chi connectivity index (χ3n) is 8.55. The first-order valence-corrected chi connectivity index (χ1v) is 13.9. The number of ether oxygens (including phenoxy) is 4. The summed E-state index contributed by atoms with van der Waals surface area (Å²) < 4.78 is 25.4. The fraction of sp³-hybridized carbons (Fsp3) is 0.455. The summed E-state index contributed by atoms with van der Waals surface area (Å²) in [6, 6.07) is 12.7. The molecule has 0 unspecified atom stereocenters. The quantitative estimate of drug-likeness (QED) is 0.309. The summed E-state index contributed by atoms with van der Waals surface area (Å²) in [6.07, 6.45) is 16.0. The van der Waals surface area contributed by atoms with Crippen molar-refractivity contribution < 1.29 is 18.9 Å². The van der Waals surface area contributed by atoms with Gasteiger partial charge in [-0.15, -0.1) is 0 Å². The second-order valence-corrected chi connectivity index (χ2v) is 10.6. The Kier molecular flexibility index (Phi) is 7.64. The molecule has 2 fully saturated rings. The van der Waals surface area contributed by atoms with Gasteiger partial charge in [-0.05, 0) is 50.3 Å². The monoisotopic (exact) mass is 500 g/mol. The summed E-state index contributed by atoms with van der Waals surface area (Å²) in [4.78, 5) is 0. The summed E-state index contributed by atoms with van der Waals surface area (Å²) in [5.41, 5.74) is 2.11. The summed E-state index contributed by atoms with van der Waals surface area (Å²) in [7, 11) is 0. The molecule has 2 atom stereocenters. The van der Waals surface area contributed by atoms with E-state index in [2.05, 4.69) is 50.1 Å². The highest BCUT2D eigenvalue weighted by Crippen LogP contribution is 2.64. The number of hydrogen-bond donors (Lipinski definition) is 0. The van der Waals surface area contributed by atoms with Gasteiger partial charge in [0.05, 0.1) is 0 Å². The lowest BCUT2D eigenvalue weighted by Crippen LogP contribution is -2.57. The van der Waals surface area contributed by atoms with Gasteiger partial charge in [-0.2, -0.15) is 0 Å². The van der Waals surface area contributed by atoms with Gasteiger partial charge in [0.25, 0.3) is 0 Å². The lowest BCUT2D eigenvalue weighted by molar-refractivity contribution is -0.0961. The molecule has 3 aliphatic rings. The Morgan fingerprint density at radius 1 is 0.730 bits per heavy atom. The molecule has 2 saturated carbocycles. The average Bonchev–Trinajstić information content (AvgIpc) is 2.94. The standard InChI is InChI=1S/C33H40O4/c1-4-20-34-25-14-16-28(29(23-25)36-22-6-3)33-19-11-8-12-31(33)32(17-9-7-10-18-32)27-15-13-26(35-21-5-2)24-30(27)37-33/h4-6,13-16,23-24,31H,1-3,7-12,17-22H2/t31-,33-/m0/s1. The zero-order chi connectivity index (χ0) is 25.7. The molecule has 0 N–H and O–H groups in total. The molecule has 0 aromatic heterocycles. The Bertz CT molecular complexity index is 1130. The van der Waals surface area contributed by atoms with Crippen molar-refractivity contribution in [2.24, 2.45) is 5.92 Å². The minimum Gasteiger partial charge on any atom is -0.489 e. The molecule has 1 spiro atoms. The van der Waals surface area contributed by atoms with Gasteiger partial charge in [-0.1, -0.05) is 69.7 Å². The Labute approximate surface area is 222 Å². The van der Waals surface area contributed by atoms with Gasteiger partial charge in [0.1, 0.15) is 48.4 Å².